The quantitative estimate of drug-likeness (QED) is 0.111. The van der Waals surface area contributed by atoms with Gasteiger partial charge in [0.05, 0.1) is 189 Å². The fourth-order valence-electron chi connectivity index (χ4n) is 13.6. The molecule has 29 nitrogen and oxygen atoms in total. The molecule has 3 aromatic carbocycles. The highest BCUT2D eigenvalue weighted by Crippen LogP contribution is 2.39. The van der Waals surface area contributed by atoms with Gasteiger partial charge in [-0.3, -0.25) is 14.4 Å². The Hall–Kier alpha value is -11.5. The third-order valence-corrected chi connectivity index (χ3v) is 18.7. The summed E-state index contributed by atoms with van der Waals surface area (Å²) in [6.45, 7) is 3.88. The third-order valence-electron chi connectivity index (χ3n) is 18.7. The molecule has 17 rings (SSSR count). The van der Waals surface area contributed by atoms with Gasteiger partial charge in [-0.05, 0) is 54.6 Å². The number of halogens is 3. The summed E-state index contributed by atoms with van der Waals surface area (Å²) in [5.74, 6) is -2.49. The van der Waals surface area contributed by atoms with Crippen LogP contribution in [0.5, 0.6) is 0 Å². The largest absolute Gasteiger partial charge is 0.388 e. The standard InChI is InChI=1S/2C24H21FN6O4.C22H19FN6O3/c2*25-16-3-1-2-14(9-26)21(16)17-8-19(22-18(28-17)10-27-23(22)33)31-6-4-20(29-31)30-7-5-24(13-30)34-11-15(32)12-35-24;1-32-18-11-28(10-17(18)30)19-5-6-29(27-19)16-7-14(26-15-9-25-22(31)21(15)16)20-12(8-24)3-2-4-13(20)23/h2*1-4,6,8,15,32H,5,7,10-13H2,(H,27,33);2-7,17-18,30H,9-11H2,1H3,(H,25,31)/t;;17-,18+/m..0/s1/i;;1D3. The number of fused-ring (bicyclic) bond motifs is 3. The van der Waals surface area contributed by atoms with Crippen molar-refractivity contribution in [1.29, 1.82) is 15.8 Å². The molecular weight excluding hydrogens is 1330 g/mol. The highest BCUT2D eigenvalue weighted by atomic mass is 19.1. The van der Waals surface area contributed by atoms with Crippen molar-refractivity contribution in [3.05, 3.63) is 178 Å². The predicted molar refractivity (Wildman–Crippen MR) is 352 cm³/mol. The molecule has 5 saturated heterocycles. The second-order valence-electron chi connectivity index (χ2n) is 25.1. The zero-order chi connectivity index (χ0) is 73.2. The Labute approximate surface area is 582 Å². The first-order valence-electron chi connectivity index (χ1n) is 33.8. The van der Waals surface area contributed by atoms with Gasteiger partial charge in [0.2, 0.25) is 0 Å². The number of ether oxygens (including phenoxy) is 5. The van der Waals surface area contributed by atoms with Crippen LogP contribution >= 0.6 is 0 Å². The van der Waals surface area contributed by atoms with E-state index >= 15 is 0 Å². The smallest absolute Gasteiger partial charge is 0.255 e. The molecule has 8 aliphatic rings. The van der Waals surface area contributed by atoms with E-state index < -0.39 is 60.5 Å². The van der Waals surface area contributed by atoms with Crippen LogP contribution in [-0.4, -0.2) is 186 Å². The van der Waals surface area contributed by atoms with Gasteiger partial charge in [-0.2, -0.15) is 31.1 Å². The molecule has 0 bridgehead atoms. The molecular formula is C70H61F3N18O11. The van der Waals surface area contributed by atoms with Crippen LogP contribution in [0.3, 0.4) is 0 Å². The maximum atomic E-state index is 14.7. The summed E-state index contributed by atoms with van der Waals surface area (Å²) < 4.78 is 98.7. The van der Waals surface area contributed by atoms with Crippen molar-refractivity contribution in [2.45, 2.75) is 68.5 Å². The summed E-state index contributed by atoms with van der Waals surface area (Å²) in [6.07, 6.45) is 3.13. The molecule has 3 amide bonds. The number of carbonyl (C=O) groups excluding carboxylic acids is 3. The first-order valence-corrected chi connectivity index (χ1v) is 32.3. The van der Waals surface area contributed by atoms with Gasteiger partial charge in [0, 0.05) is 82.8 Å². The lowest BCUT2D eigenvalue weighted by Crippen LogP contribution is -2.48. The molecule has 0 aliphatic carbocycles. The Morgan fingerprint density at radius 1 is 0.520 bits per heavy atom. The van der Waals surface area contributed by atoms with Gasteiger partial charge in [0.25, 0.3) is 17.7 Å². The lowest BCUT2D eigenvalue weighted by molar-refractivity contribution is -0.280. The number of anilines is 3. The molecule has 6 aromatic heterocycles. The lowest BCUT2D eigenvalue weighted by Gasteiger charge is -2.35. The Bertz CT molecular complexity index is 4910. The summed E-state index contributed by atoms with van der Waals surface area (Å²) in [4.78, 5) is 56.9. The van der Waals surface area contributed by atoms with Crippen molar-refractivity contribution < 1.29 is 70.7 Å². The molecule has 9 aromatic rings. The first kappa shape index (κ1) is 62.7. The SMILES string of the molecule is N#Cc1cccc(F)c1-c1cc(-n2ccc(N3CCC4(C3)OCC(O)CO4)n2)c2c(n1)CNC2=O.N#Cc1cccc(F)c1-c1cc(-n2ccc(N3CCC4(C3)OCC(O)CO4)n2)c2c(n1)CNC2=O.[2H]C([2H])([2H])O[C@@H]1CN(c2ccn(-c3cc(-c4c(F)cccc4C#N)nc4c3C(=O)NC4)n2)C[C@@H]1O. The van der Waals surface area contributed by atoms with Gasteiger partial charge in [-0.15, -0.1) is 0 Å². The fourth-order valence-corrected chi connectivity index (χ4v) is 13.6. The number of aliphatic hydroxyl groups is 3. The van der Waals surface area contributed by atoms with Gasteiger partial charge in [0.15, 0.2) is 29.0 Å². The van der Waals surface area contributed by atoms with E-state index in [0.29, 0.717) is 102 Å². The van der Waals surface area contributed by atoms with Crippen molar-refractivity contribution in [2.24, 2.45) is 0 Å². The van der Waals surface area contributed by atoms with Gasteiger partial charge >= 0.3 is 0 Å². The van der Waals surface area contributed by atoms with E-state index in [1.807, 2.05) is 40.1 Å². The molecule has 102 heavy (non-hydrogen) atoms. The average Bonchev–Trinajstić information content (AvgIpc) is 1.65. The van der Waals surface area contributed by atoms with Crippen LogP contribution in [0, 0.1) is 51.4 Å². The maximum absolute atomic E-state index is 14.7. The maximum Gasteiger partial charge on any atom is 0.255 e. The van der Waals surface area contributed by atoms with Gasteiger partial charge in [-0.1, -0.05) is 18.2 Å². The Kier molecular flexibility index (Phi) is 16.5. The zero-order valence-electron chi connectivity index (χ0n) is 56.8. The fraction of sp³-hybridized carbons (Fsp3) is 0.314. The number of benzene rings is 3. The number of nitriles is 3. The average molecular weight is 1390 g/mol. The van der Waals surface area contributed by atoms with Gasteiger partial charge < -0.3 is 69.7 Å². The van der Waals surface area contributed by atoms with Crippen LogP contribution in [-0.2, 0) is 43.3 Å². The summed E-state index contributed by atoms with van der Waals surface area (Å²) in [5.41, 5.74) is 4.88. The van der Waals surface area contributed by atoms with Gasteiger partial charge in [0.1, 0.15) is 35.8 Å². The second-order valence-corrected chi connectivity index (χ2v) is 25.1. The summed E-state index contributed by atoms with van der Waals surface area (Å²) in [7, 11) is -2.64. The summed E-state index contributed by atoms with van der Waals surface area (Å²) >= 11 is 0. The van der Waals surface area contributed by atoms with Crippen LogP contribution in [0.25, 0.3) is 50.8 Å². The minimum Gasteiger partial charge on any atom is -0.388 e. The molecule has 0 unspecified atom stereocenters. The van der Waals surface area contributed by atoms with E-state index in [0.717, 1.165) is 0 Å². The number of rotatable bonds is 10. The minimum atomic E-state index is -2.64. The molecule has 518 valence electrons. The summed E-state index contributed by atoms with van der Waals surface area (Å²) in [6, 6.07) is 28.6. The number of hydrogen-bond acceptors (Lipinski definition) is 23. The number of pyridine rings is 3. The number of hydrogen-bond donors (Lipinski definition) is 6. The predicted octanol–water partition coefficient (Wildman–Crippen LogP) is 4.39. The van der Waals surface area contributed by atoms with E-state index in [2.05, 4.69) is 46.2 Å². The van der Waals surface area contributed by atoms with Crippen molar-refractivity contribution in [3.8, 4) is 69.0 Å². The van der Waals surface area contributed by atoms with Gasteiger partial charge in [-0.25, -0.2) is 42.2 Å². The highest BCUT2D eigenvalue weighted by Gasteiger charge is 2.46. The van der Waals surface area contributed by atoms with E-state index in [1.165, 1.54) is 65.3 Å². The monoisotopic (exact) mass is 1390 g/mol. The number of β-amino-alcohol motifs (C(OH)–C–C–N with tert-alkyl or cyclic N) is 1. The van der Waals surface area contributed by atoms with Crippen LogP contribution in [0.2, 0.25) is 0 Å². The van der Waals surface area contributed by atoms with Crippen LogP contribution in [0.15, 0.2) is 110 Å². The zero-order valence-corrected chi connectivity index (χ0v) is 53.8. The van der Waals surface area contributed by atoms with Crippen molar-refractivity contribution in [2.75, 3.05) is 87.4 Å². The Balaban J connectivity index is 0.000000126. The number of carbonyl (C=O) groups is 3. The first-order chi connectivity index (χ1) is 50.6. The van der Waals surface area contributed by atoms with E-state index in [9.17, 15) is 58.7 Å². The van der Waals surface area contributed by atoms with Crippen molar-refractivity contribution >= 4 is 35.2 Å². The Morgan fingerprint density at radius 2 is 0.873 bits per heavy atom. The van der Waals surface area contributed by atoms with E-state index in [1.54, 1.807) is 51.1 Å². The molecule has 5 fully saturated rings. The molecule has 6 N–H and O–H groups in total. The van der Waals surface area contributed by atoms with Crippen molar-refractivity contribution in [3.63, 3.8) is 0 Å². The summed E-state index contributed by atoms with van der Waals surface area (Å²) in [5, 5.41) is 80.1. The lowest BCUT2D eigenvalue weighted by atomic mass is 10.0. The second kappa shape index (κ2) is 26.9. The highest BCUT2D eigenvalue weighted by molar-refractivity contribution is 6.03. The molecule has 2 atom stereocenters. The molecule has 32 heteroatoms. The minimum absolute atomic E-state index is 0.0260. The van der Waals surface area contributed by atoms with Crippen LogP contribution in [0.4, 0.5) is 30.6 Å². The molecule has 8 aliphatic heterocycles. The van der Waals surface area contributed by atoms with E-state index in [4.69, 9.17) is 27.8 Å². The number of amides is 3. The third kappa shape index (κ3) is 12.3. The normalized spacial score (nSPS) is 22.8. The number of nitrogens with one attached hydrogen (secondary N) is 3. The van der Waals surface area contributed by atoms with Crippen LogP contribution < -0.4 is 30.7 Å². The molecule has 0 radical (unpaired) electrons. The number of nitrogens with zero attached hydrogens (tertiary/aromatic N) is 15. The van der Waals surface area contributed by atoms with Crippen molar-refractivity contribution in [1.82, 2.24) is 60.2 Å². The number of aliphatic hydroxyl groups excluding tert-OH is 3. The number of aromatic nitrogens is 9. The van der Waals surface area contributed by atoms with Crippen LogP contribution in [0.1, 0.15) is 81.8 Å². The topological polar surface area (TPSA) is 367 Å². The molecule has 14 heterocycles. The number of methoxy groups -OCH3 is 1. The Morgan fingerprint density at radius 3 is 1.22 bits per heavy atom. The molecule has 0 saturated carbocycles. The molecule has 2 spiro atoms. The van der Waals surface area contributed by atoms with E-state index in [-0.39, 0.29) is 133 Å².